The van der Waals surface area contributed by atoms with E-state index in [2.05, 4.69) is 12.1 Å². The summed E-state index contributed by atoms with van der Waals surface area (Å²) < 4.78 is 5.65. The molecule has 0 fully saturated rings. The number of rotatable bonds is 8. The summed E-state index contributed by atoms with van der Waals surface area (Å²) in [6.45, 7) is 1.70. The summed E-state index contributed by atoms with van der Waals surface area (Å²) in [5.41, 5.74) is 0. The van der Waals surface area contributed by atoms with E-state index in [9.17, 15) is 4.79 Å². The zero-order valence-electron chi connectivity index (χ0n) is 13.3. The highest BCUT2D eigenvalue weighted by Crippen LogP contribution is 2.18. The van der Waals surface area contributed by atoms with Gasteiger partial charge in [0.05, 0.1) is 26.1 Å². The van der Waals surface area contributed by atoms with Crippen molar-refractivity contribution < 1.29 is 9.53 Å². The van der Waals surface area contributed by atoms with E-state index in [1.54, 1.807) is 22.7 Å². The molecule has 2 heterocycles. The normalized spacial score (nSPS) is 10.5. The summed E-state index contributed by atoms with van der Waals surface area (Å²) >= 11 is 3.36. The van der Waals surface area contributed by atoms with Gasteiger partial charge in [-0.1, -0.05) is 30.3 Å². The van der Waals surface area contributed by atoms with Gasteiger partial charge in [0.2, 0.25) is 5.91 Å². The van der Waals surface area contributed by atoms with Crippen molar-refractivity contribution in [1.82, 2.24) is 4.90 Å². The van der Waals surface area contributed by atoms with Gasteiger partial charge in [0, 0.05) is 9.75 Å². The van der Waals surface area contributed by atoms with Gasteiger partial charge in [0.15, 0.2) is 0 Å². The first-order valence-corrected chi connectivity index (χ1v) is 9.57. The number of carbonyl (C=O) groups excluding carboxylic acids is 1. The highest BCUT2D eigenvalue weighted by Gasteiger charge is 2.15. The molecule has 1 amide bonds. The Bertz CT molecular complexity index is 688. The fourth-order valence-corrected chi connectivity index (χ4v) is 3.78. The van der Waals surface area contributed by atoms with Crippen molar-refractivity contribution in [2.75, 3.05) is 6.61 Å². The van der Waals surface area contributed by atoms with Gasteiger partial charge in [0.1, 0.15) is 5.75 Å². The van der Waals surface area contributed by atoms with Crippen LogP contribution in [0.5, 0.6) is 5.75 Å². The van der Waals surface area contributed by atoms with Crippen LogP contribution in [0.3, 0.4) is 0 Å². The lowest BCUT2D eigenvalue weighted by molar-refractivity contribution is -0.132. The number of para-hydroxylation sites is 1. The van der Waals surface area contributed by atoms with E-state index in [0.29, 0.717) is 26.1 Å². The summed E-state index contributed by atoms with van der Waals surface area (Å²) in [6.07, 6.45) is 0.381. The number of carbonyl (C=O) groups is 1. The van der Waals surface area contributed by atoms with Crippen molar-refractivity contribution in [3.8, 4) is 5.75 Å². The van der Waals surface area contributed by atoms with E-state index in [1.807, 2.05) is 58.1 Å². The molecule has 0 aliphatic carbocycles. The predicted molar refractivity (Wildman–Crippen MR) is 99.4 cm³/mol. The first-order valence-electron chi connectivity index (χ1n) is 7.81. The van der Waals surface area contributed by atoms with Crippen molar-refractivity contribution in [2.24, 2.45) is 0 Å². The Morgan fingerprint density at radius 1 is 0.875 bits per heavy atom. The molecule has 3 rings (SSSR count). The summed E-state index contributed by atoms with van der Waals surface area (Å²) in [7, 11) is 0. The fraction of sp³-hybridized carbons (Fsp3) is 0.211. The Labute approximate surface area is 150 Å². The lowest BCUT2D eigenvalue weighted by Gasteiger charge is -2.21. The number of nitrogens with zero attached hydrogens (tertiary/aromatic N) is 1. The second kappa shape index (κ2) is 8.66. The molecule has 0 N–H and O–H groups in total. The summed E-state index contributed by atoms with van der Waals surface area (Å²) in [5.74, 6) is 0.918. The second-order valence-corrected chi connectivity index (χ2v) is 7.38. The zero-order valence-corrected chi connectivity index (χ0v) is 14.9. The minimum atomic E-state index is 0.118. The van der Waals surface area contributed by atoms with E-state index in [1.165, 1.54) is 9.75 Å². The molecule has 0 aliphatic rings. The van der Waals surface area contributed by atoms with Gasteiger partial charge >= 0.3 is 0 Å². The largest absolute Gasteiger partial charge is 0.493 e. The molecule has 5 heteroatoms. The SMILES string of the molecule is O=C(CCOc1ccccc1)N(Cc1cccs1)Cc1cccs1. The van der Waals surface area contributed by atoms with Gasteiger partial charge in [-0.15, -0.1) is 22.7 Å². The highest BCUT2D eigenvalue weighted by atomic mass is 32.1. The van der Waals surface area contributed by atoms with E-state index in [-0.39, 0.29) is 5.91 Å². The summed E-state index contributed by atoms with van der Waals surface area (Å²) in [4.78, 5) is 16.9. The molecular formula is C19H19NO2S2. The molecule has 3 nitrogen and oxygen atoms in total. The van der Waals surface area contributed by atoms with Gasteiger partial charge in [-0.25, -0.2) is 0 Å². The number of ether oxygens (including phenoxy) is 1. The van der Waals surface area contributed by atoms with Crippen LogP contribution in [0.25, 0.3) is 0 Å². The third-order valence-corrected chi connectivity index (χ3v) is 5.26. The smallest absolute Gasteiger partial charge is 0.226 e. The minimum Gasteiger partial charge on any atom is -0.493 e. The van der Waals surface area contributed by atoms with Crippen molar-refractivity contribution in [3.63, 3.8) is 0 Å². The molecule has 124 valence electrons. The standard InChI is InChI=1S/C19H19NO2S2/c21-19(10-11-22-16-6-2-1-3-7-16)20(14-17-8-4-12-23-17)15-18-9-5-13-24-18/h1-9,12-13H,10-11,14-15H2. The molecule has 0 saturated carbocycles. The van der Waals surface area contributed by atoms with Crippen LogP contribution in [0.2, 0.25) is 0 Å². The molecule has 1 aromatic carbocycles. The van der Waals surface area contributed by atoms with Crippen LogP contribution in [0, 0.1) is 0 Å². The van der Waals surface area contributed by atoms with Gasteiger partial charge in [-0.3, -0.25) is 4.79 Å². The topological polar surface area (TPSA) is 29.5 Å². The molecule has 0 unspecified atom stereocenters. The van der Waals surface area contributed by atoms with Gasteiger partial charge in [-0.05, 0) is 35.0 Å². The predicted octanol–water partition coefficient (Wildman–Crippen LogP) is 4.81. The van der Waals surface area contributed by atoms with Crippen molar-refractivity contribution >= 4 is 28.6 Å². The highest BCUT2D eigenvalue weighted by molar-refractivity contribution is 7.10. The first kappa shape index (κ1) is 16.7. The number of hydrogen-bond acceptors (Lipinski definition) is 4. The Hall–Kier alpha value is -2.11. The second-order valence-electron chi connectivity index (χ2n) is 5.32. The van der Waals surface area contributed by atoms with Gasteiger partial charge in [-0.2, -0.15) is 0 Å². The molecule has 0 saturated heterocycles. The number of amides is 1. The van der Waals surface area contributed by atoms with E-state index in [4.69, 9.17) is 4.74 Å². The zero-order chi connectivity index (χ0) is 16.6. The molecule has 0 radical (unpaired) electrons. The van der Waals surface area contributed by atoms with Crippen LogP contribution < -0.4 is 4.74 Å². The fourth-order valence-electron chi connectivity index (χ4n) is 2.34. The van der Waals surface area contributed by atoms with Crippen molar-refractivity contribution in [1.29, 1.82) is 0 Å². The van der Waals surface area contributed by atoms with E-state index in [0.717, 1.165) is 5.75 Å². The average Bonchev–Trinajstić information content (AvgIpc) is 3.29. The van der Waals surface area contributed by atoms with Crippen LogP contribution in [0.15, 0.2) is 65.4 Å². The summed E-state index contributed by atoms with van der Waals surface area (Å²) in [5, 5.41) is 4.09. The maximum absolute atomic E-state index is 12.6. The molecule has 0 spiro atoms. The lowest BCUT2D eigenvalue weighted by atomic mass is 10.3. The van der Waals surface area contributed by atoms with Crippen LogP contribution in [0.4, 0.5) is 0 Å². The van der Waals surface area contributed by atoms with Crippen LogP contribution in [0.1, 0.15) is 16.2 Å². The van der Waals surface area contributed by atoms with Crippen LogP contribution in [-0.4, -0.2) is 17.4 Å². The maximum atomic E-state index is 12.6. The Kier molecular flexibility index (Phi) is 6.04. The quantitative estimate of drug-likeness (QED) is 0.579. The monoisotopic (exact) mass is 357 g/mol. The molecule has 0 bridgehead atoms. The Balaban J connectivity index is 1.57. The van der Waals surface area contributed by atoms with Crippen molar-refractivity contribution in [2.45, 2.75) is 19.5 Å². The minimum absolute atomic E-state index is 0.118. The molecular weight excluding hydrogens is 338 g/mol. The molecule has 24 heavy (non-hydrogen) atoms. The van der Waals surface area contributed by atoms with Gasteiger partial charge < -0.3 is 9.64 Å². The Morgan fingerprint density at radius 3 is 2.04 bits per heavy atom. The molecule has 0 aliphatic heterocycles. The molecule has 2 aromatic heterocycles. The maximum Gasteiger partial charge on any atom is 0.226 e. The van der Waals surface area contributed by atoms with Crippen molar-refractivity contribution in [3.05, 3.63) is 75.1 Å². The first-order chi connectivity index (χ1) is 11.8. The lowest BCUT2D eigenvalue weighted by Crippen LogP contribution is -2.30. The van der Waals surface area contributed by atoms with Crippen LogP contribution >= 0.6 is 22.7 Å². The number of hydrogen-bond donors (Lipinski definition) is 0. The van der Waals surface area contributed by atoms with E-state index < -0.39 is 0 Å². The summed E-state index contributed by atoms with van der Waals surface area (Å²) in [6, 6.07) is 17.8. The third kappa shape index (κ3) is 4.94. The third-order valence-electron chi connectivity index (χ3n) is 3.53. The number of benzene rings is 1. The molecule has 3 aromatic rings. The molecule has 0 atom stereocenters. The van der Waals surface area contributed by atoms with E-state index >= 15 is 0 Å². The Morgan fingerprint density at radius 2 is 1.50 bits per heavy atom. The van der Waals surface area contributed by atoms with Crippen LogP contribution in [-0.2, 0) is 17.9 Å². The average molecular weight is 358 g/mol. The number of thiophene rings is 2. The van der Waals surface area contributed by atoms with Gasteiger partial charge in [0.25, 0.3) is 0 Å².